The normalized spacial score (nSPS) is 12.0. The maximum Gasteiger partial charge on any atom is 0.264 e. The molecule has 2 amide bonds. The number of amides is 2. The average Bonchev–Trinajstić information content (AvgIpc) is 2.86. The van der Waals surface area contributed by atoms with E-state index in [1.807, 2.05) is 24.3 Å². The molecule has 3 rings (SSSR count). The van der Waals surface area contributed by atoms with E-state index in [1.165, 1.54) is 36.2 Å². The summed E-state index contributed by atoms with van der Waals surface area (Å²) in [6.45, 7) is 1.24. The number of para-hydroxylation sites is 1. The molecule has 184 valence electrons. The topological polar surface area (TPSA) is 86.8 Å². The summed E-state index contributed by atoms with van der Waals surface area (Å²) in [5.41, 5.74) is 1.12. The van der Waals surface area contributed by atoms with E-state index in [2.05, 4.69) is 21.2 Å². The molecular weight excluding hydrogens is 554 g/mol. The molecule has 0 heterocycles. The minimum atomic E-state index is -4.11. The SMILES string of the molecule is CNC(=O)[C@@H](C)N(Cc1ccc(Br)cc1)C(=O)CN(c1ccccc1)S(=O)(=O)c1ccc(Cl)cc1. The van der Waals surface area contributed by atoms with E-state index in [9.17, 15) is 18.0 Å². The van der Waals surface area contributed by atoms with Crippen LogP contribution < -0.4 is 9.62 Å². The summed E-state index contributed by atoms with van der Waals surface area (Å²) in [6, 6.07) is 20.6. The molecule has 0 spiro atoms. The van der Waals surface area contributed by atoms with E-state index in [0.717, 1.165) is 14.3 Å². The van der Waals surface area contributed by atoms with Crippen molar-refractivity contribution >= 4 is 55.1 Å². The summed E-state index contributed by atoms with van der Waals surface area (Å²) in [5.74, 6) is -0.882. The highest BCUT2D eigenvalue weighted by Gasteiger charge is 2.32. The molecule has 0 aliphatic carbocycles. The fourth-order valence-corrected chi connectivity index (χ4v) is 5.24. The molecule has 7 nitrogen and oxygen atoms in total. The molecule has 0 fully saturated rings. The Kier molecular flexibility index (Phi) is 8.93. The third-order valence-electron chi connectivity index (χ3n) is 5.40. The van der Waals surface area contributed by atoms with Gasteiger partial charge in [0.15, 0.2) is 0 Å². The van der Waals surface area contributed by atoms with Crippen LogP contribution in [0.25, 0.3) is 0 Å². The van der Waals surface area contributed by atoms with Gasteiger partial charge in [-0.25, -0.2) is 8.42 Å². The van der Waals surface area contributed by atoms with E-state index >= 15 is 0 Å². The number of rotatable bonds is 9. The average molecular weight is 579 g/mol. The van der Waals surface area contributed by atoms with E-state index < -0.39 is 28.5 Å². The highest BCUT2D eigenvalue weighted by molar-refractivity contribution is 9.10. The number of nitrogens with one attached hydrogen (secondary N) is 1. The Balaban J connectivity index is 1.99. The minimum Gasteiger partial charge on any atom is -0.357 e. The standard InChI is InChI=1S/C25H25BrClN3O4S/c1-18(25(32)28-2)29(16-19-8-10-20(26)11-9-19)24(31)17-30(22-6-4-3-5-7-22)35(33,34)23-14-12-21(27)13-15-23/h3-15,18H,16-17H2,1-2H3,(H,28,32)/t18-/m1/s1. The zero-order valence-electron chi connectivity index (χ0n) is 19.2. The van der Waals surface area contributed by atoms with Gasteiger partial charge in [-0.15, -0.1) is 0 Å². The third kappa shape index (κ3) is 6.62. The molecule has 0 aromatic heterocycles. The third-order valence-corrected chi connectivity index (χ3v) is 7.97. The Morgan fingerprint density at radius 3 is 2.14 bits per heavy atom. The van der Waals surface area contributed by atoms with E-state index in [0.29, 0.717) is 10.7 Å². The van der Waals surface area contributed by atoms with E-state index in [4.69, 9.17) is 11.6 Å². The van der Waals surface area contributed by atoms with Crippen LogP contribution in [-0.4, -0.2) is 44.8 Å². The van der Waals surface area contributed by atoms with Crippen LogP contribution in [0.2, 0.25) is 5.02 Å². The van der Waals surface area contributed by atoms with Crippen LogP contribution in [0.5, 0.6) is 0 Å². The van der Waals surface area contributed by atoms with Crippen LogP contribution in [0.1, 0.15) is 12.5 Å². The zero-order valence-corrected chi connectivity index (χ0v) is 22.3. The van der Waals surface area contributed by atoms with Gasteiger partial charge >= 0.3 is 0 Å². The number of sulfonamides is 1. The number of anilines is 1. The van der Waals surface area contributed by atoms with Crippen LogP contribution in [-0.2, 0) is 26.2 Å². The van der Waals surface area contributed by atoms with Crippen molar-refractivity contribution in [2.24, 2.45) is 0 Å². The van der Waals surface area contributed by atoms with Crippen molar-refractivity contribution in [2.75, 3.05) is 17.9 Å². The van der Waals surface area contributed by atoms with E-state index in [-0.39, 0.29) is 17.3 Å². The largest absolute Gasteiger partial charge is 0.357 e. The Morgan fingerprint density at radius 2 is 1.57 bits per heavy atom. The lowest BCUT2D eigenvalue weighted by Gasteiger charge is -2.31. The summed E-state index contributed by atoms with van der Waals surface area (Å²) in [7, 11) is -2.62. The molecule has 0 aliphatic heterocycles. The summed E-state index contributed by atoms with van der Waals surface area (Å²) < 4.78 is 29.1. The molecule has 1 atom stereocenters. The number of nitrogens with zero attached hydrogens (tertiary/aromatic N) is 2. The lowest BCUT2D eigenvalue weighted by Crippen LogP contribution is -2.50. The van der Waals surface area contributed by atoms with Gasteiger partial charge in [-0.3, -0.25) is 13.9 Å². The lowest BCUT2D eigenvalue weighted by atomic mass is 10.1. The number of likely N-dealkylation sites (N-methyl/N-ethyl adjacent to an activating group) is 1. The van der Waals surface area contributed by atoms with Crippen molar-refractivity contribution in [2.45, 2.75) is 24.4 Å². The molecule has 3 aromatic carbocycles. The highest BCUT2D eigenvalue weighted by atomic mass is 79.9. The van der Waals surface area contributed by atoms with Gasteiger partial charge in [0, 0.05) is 23.1 Å². The van der Waals surface area contributed by atoms with Gasteiger partial charge in [-0.1, -0.05) is 57.9 Å². The number of halogens is 2. The summed E-state index contributed by atoms with van der Waals surface area (Å²) in [6.07, 6.45) is 0. The maximum atomic E-state index is 13.6. The molecule has 35 heavy (non-hydrogen) atoms. The second-order valence-corrected chi connectivity index (χ2v) is 11.0. The zero-order chi connectivity index (χ0) is 25.6. The molecule has 1 N–H and O–H groups in total. The van der Waals surface area contributed by atoms with Crippen molar-refractivity contribution < 1.29 is 18.0 Å². The Labute approximate surface area is 218 Å². The van der Waals surface area contributed by atoms with Crippen LogP contribution in [0, 0.1) is 0 Å². The Morgan fingerprint density at radius 1 is 0.971 bits per heavy atom. The summed E-state index contributed by atoms with van der Waals surface area (Å²) in [4.78, 5) is 27.4. The predicted octanol–water partition coefficient (Wildman–Crippen LogP) is 4.46. The predicted molar refractivity (Wildman–Crippen MR) is 141 cm³/mol. The molecule has 0 radical (unpaired) electrons. The van der Waals surface area contributed by atoms with Crippen LogP contribution in [0.4, 0.5) is 5.69 Å². The second-order valence-electron chi connectivity index (χ2n) is 7.74. The van der Waals surface area contributed by atoms with Crippen molar-refractivity contribution in [3.05, 3.63) is 93.9 Å². The van der Waals surface area contributed by atoms with Gasteiger partial charge in [-0.05, 0) is 61.0 Å². The van der Waals surface area contributed by atoms with Crippen LogP contribution in [0.15, 0.2) is 88.2 Å². The summed E-state index contributed by atoms with van der Waals surface area (Å²) in [5, 5.41) is 2.95. The first kappa shape index (κ1) is 26.7. The fraction of sp³-hybridized carbons (Fsp3) is 0.200. The van der Waals surface area contributed by atoms with Gasteiger partial charge in [0.1, 0.15) is 12.6 Å². The van der Waals surface area contributed by atoms with Gasteiger partial charge in [0.25, 0.3) is 10.0 Å². The highest BCUT2D eigenvalue weighted by Crippen LogP contribution is 2.25. The molecular formula is C25H25BrClN3O4S. The fourth-order valence-electron chi connectivity index (χ4n) is 3.43. The van der Waals surface area contributed by atoms with Gasteiger partial charge < -0.3 is 10.2 Å². The number of hydrogen-bond acceptors (Lipinski definition) is 4. The van der Waals surface area contributed by atoms with Crippen LogP contribution >= 0.6 is 27.5 Å². The smallest absolute Gasteiger partial charge is 0.264 e. The molecule has 3 aromatic rings. The maximum absolute atomic E-state index is 13.6. The van der Waals surface area contributed by atoms with Gasteiger partial charge in [-0.2, -0.15) is 0 Å². The van der Waals surface area contributed by atoms with Crippen molar-refractivity contribution in [3.8, 4) is 0 Å². The quantitative estimate of drug-likeness (QED) is 0.406. The van der Waals surface area contributed by atoms with E-state index in [1.54, 1.807) is 37.3 Å². The molecule has 0 saturated carbocycles. The monoisotopic (exact) mass is 577 g/mol. The lowest BCUT2D eigenvalue weighted by molar-refractivity contribution is -0.139. The molecule has 0 bridgehead atoms. The summed E-state index contributed by atoms with van der Waals surface area (Å²) >= 11 is 9.32. The van der Waals surface area contributed by atoms with Gasteiger partial charge in [0.05, 0.1) is 10.6 Å². The van der Waals surface area contributed by atoms with Crippen LogP contribution in [0.3, 0.4) is 0 Å². The molecule has 10 heteroatoms. The molecule has 0 saturated heterocycles. The number of hydrogen-bond donors (Lipinski definition) is 1. The Hall–Kier alpha value is -2.88. The molecule has 0 aliphatic rings. The first-order chi connectivity index (χ1) is 16.6. The Bertz CT molecular complexity index is 1270. The molecule has 0 unspecified atom stereocenters. The second kappa shape index (κ2) is 11.7. The number of carbonyl (C=O) groups excluding carboxylic acids is 2. The van der Waals surface area contributed by atoms with Crippen molar-refractivity contribution in [3.63, 3.8) is 0 Å². The van der Waals surface area contributed by atoms with Gasteiger partial charge in [0.2, 0.25) is 11.8 Å². The first-order valence-electron chi connectivity index (χ1n) is 10.7. The first-order valence-corrected chi connectivity index (χ1v) is 13.3. The van der Waals surface area contributed by atoms with Crippen molar-refractivity contribution in [1.29, 1.82) is 0 Å². The van der Waals surface area contributed by atoms with Crippen molar-refractivity contribution in [1.82, 2.24) is 10.2 Å². The number of carbonyl (C=O) groups is 2. The number of benzene rings is 3. The minimum absolute atomic E-state index is 0.00244.